The summed E-state index contributed by atoms with van der Waals surface area (Å²) in [6.45, 7) is 0.161. The first-order valence-electron chi connectivity index (χ1n) is 7.11. The van der Waals surface area contributed by atoms with Gasteiger partial charge in [0, 0.05) is 0 Å². The van der Waals surface area contributed by atoms with Crippen molar-refractivity contribution in [2.75, 3.05) is 7.11 Å². The second-order valence-electron chi connectivity index (χ2n) is 5.03. The Morgan fingerprint density at radius 2 is 1.74 bits per heavy atom. The maximum absolute atomic E-state index is 12.3. The molecule has 2 amide bonds. The van der Waals surface area contributed by atoms with E-state index in [0.717, 1.165) is 16.0 Å². The van der Waals surface area contributed by atoms with Crippen LogP contribution >= 0.6 is 0 Å². The van der Waals surface area contributed by atoms with Crippen molar-refractivity contribution in [2.45, 2.75) is 6.54 Å². The standard InChI is InChI=1S/C18H15NO4/c1-22-15-9-7-14(8-10-15)12-19-17(20)16(23-18(19)21)11-13-5-3-2-4-6-13/h2-11H,12H2,1H3/b16-11-. The summed E-state index contributed by atoms with van der Waals surface area (Å²) in [5.74, 6) is 0.318. The van der Waals surface area contributed by atoms with Gasteiger partial charge in [-0.3, -0.25) is 4.79 Å². The highest BCUT2D eigenvalue weighted by atomic mass is 16.6. The predicted octanol–water partition coefficient (Wildman–Crippen LogP) is 3.22. The van der Waals surface area contributed by atoms with E-state index in [2.05, 4.69) is 0 Å². The number of imide groups is 1. The van der Waals surface area contributed by atoms with Crippen molar-refractivity contribution < 1.29 is 19.1 Å². The van der Waals surface area contributed by atoms with Crippen LogP contribution in [0.1, 0.15) is 11.1 Å². The fourth-order valence-electron chi connectivity index (χ4n) is 2.25. The van der Waals surface area contributed by atoms with Crippen LogP contribution in [-0.4, -0.2) is 24.0 Å². The van der Waals surface area contributed by atoms with E-state index < -0.39 is 12.0 Å². The molecule has 0 radical (unpaired) electrons. The van der Waals surface area contributed by atoms with Crippen LogP contribution in [-0.2, 0) is 16.1 Å². The molecule has 0 atom stereocenters. The van der Waals surface area contributed by atoms with Crippen molar-refractivity contribution in [1.29, 1.82) is 0 Å². The number of benzene rings is 2. The minimum absolute atomic E-state index is 0.0368. The summed E-state index contributed by atoms with van der Waals surface area (Å²) in [6.07, 6.45) is 0.904. The van der Waals surface area contributed by atoms with Gasteiger partial charge in [0.15, 0.2) is 5.76 Å². The Labute approximate surface area is 133 Å². The first kappa shape index (κ1) is 14.8. The van der Waals surface area contributed by atoms with Crippen LogP contribution in [0.15, 0.2) is 60.4 Å². The van der Waals surface area contributed by atoms with E-state index >= 15 is 0 Å². The highest BCUT2D eigenvalue weighted by Crippen LogP contribution is 2.22. The molecule has 1 heterocycles. The topological polar surface area (TPSA) is 55.8 Å². The first-order chi connectivity index (χ1) is 11.2. The van der Waals surface area contributed by atoms with Crippen molar-refractivity contribution >= 4 is 18.1 Å². The summed E-state index contributed by atoms with van der Waals surface area (Å²) in [7, 11) is 1.58. The number of amides is 2. The lowest BCUT2D eigenvalue weighted by molar-refractivity contribution is -0.123. The number of cyclic esters (lactones) is 1. The minimum Gasteiger partial charge on any atom is -0.497 e. The Bertz CT molecular complexity index is 750. The molecule has 1 saturated heterocycles. The molecular weight excluding hydrogens is 294 g/mol. The van der Waals surface area contributed by atoms with Crippen molar-refractivity contribution in [3.05, 3.63) is 71.5 Å². The van der Waals surface area contributed by atoms with Crippen LogP contribution in [0, 0.1) is 0 Å². The van der Waals surface area contributed by atoms with Crippen LogP contribution in [0.4, 0.5) is 4.79 Å². The smallest absolute Gasteiger partial charge is 0.422 e. The molecule has 0 N–H and O–H groups in total. The van der Waals surface area contributed by atoms with Crippen LogP contribution in [0.3, 0.4) is 0 Å². The number of hydrogen-bond donors (Lipinski definition) is 0. The summed E-state index contributed by atoms with van der Waals surface area (Å²) >= 11 is 0. The molecule has 1 fully saturated rings. The summed E-state index contributed by atoms with van der Waals surface area (Å²) in [4.78, 5) is 25.3. The van der Waals surface area contributed by atoms with Gasteiger partial charge in [-0.25, -0.2) is 9.69 Å². The largest absolute Gasteiger partial charge is 0.497 e. The molecule has 5 nitrogen and oxygen atoms in total. The van der Waals surface area contributed by atoms with E-state index in [1.54, 1.807) is 37.5 Å². The van der Waals surface area contributed by atoms with E-state index in [4.69, 9.17) is 9.47 Å². The van der Waals surface area contributed by atoms with Crippen molar-refractivity contribution in [2.24, 2.45) is 0 Å². The molecule has 5 heteroatoms. The lowest BCUT2D eigenvalue weighted by atomic mass is 10.2. The Morgan fingerprint density at radius 1 is 1.04 bits per heavy atom. The molecule has 2 aromatic rings. The third-order valence-electron chi connectivity index (χ3n) is 3.47. The van der Waals surface area contributed by atoms with E-state index in [1.165, 1.54) is 0 Å². The van der Waals surface area contributed by atoms with Crippen LogP contribution in [0.5, 0.6) is 5.75 Å². The zero-order valence-corrected chi connectivity index (χ0v) is 12.6. The van der Waals surface area contributed by atoms with Gasteiger partial charge in [0.2, 0.25) is 0 Å². The number of ether oxygens (including phenoxy) is 2. The van der Waals surface area contributed by atoms with Gasteiger partial charge >= 0.3 is 6.09 Å². The molecule has 1 aliphatic heterocycles. The molecule has 2 aromatic carbocycles. The highest BCUT2D eigenvalue weighted by molar-refractivity contribution is 6.09. The van der Waals surface area contributed by atoms with Crippen LogP contribution in [0.2, 0.25) is 0 Å². The van der Waals surface area contributed by atoms with Gasteiger partial charge in [0.25, 0.3) is 5.91 Å². The quantitative estimate of drug-likeness (QED) is 0.814. The monoisotopic (exact) mass is 309 g/mol. The molecule has 0 aliphatic carbocycles. The summed E-state index contributed by atoms with van der Waals surface area (Å²) in [5, 5.41) is 0. The maximum Gasteiger partial charge on any atom is 0.422 e. The summed E-state index contributed by atoms with van der Waals surface area (Å²) in [5.41, 5.74) is 1.62. The molecule has 1 aliphatic rings. The van der Waals surface area contributed by atoms with Gasteiger partial charge in [-0.2, -0.15) is 0 Å². The minimum atomic E-state index is -0.659. The number of carbonyl (C=O) groups excluding carboxylic acids is 2. The lowest BCUT2D eigenvalue weighted by Crippen LogP contribution is -2.28. The predicted molar refractivity (Wildman–Crippen MR) is 84.4 cm³/mol. The van der Waals surface area contributed by atoms with Crippen LogP contribution in [0.25, 0.3) is 6.08 Å². The molecule has 116 valence electrons. The molecule has 0 bridgehead atoms. The lowest BCUT2D eigenvalue weighted by Gasteiger charge is -2.10. The Balaban J connectivity index is 1.77. The summed E-state index contributed by atoms with van der Waals surface area (Å²) < 4.78 is 10.2. The zero-order valence-electron chi connectivity index (χ0n) is 12.6. The van der Waals surface area contributed by atoms with Gasteiger partial charge < -0.3 is 9.47 Å². The van der Waals surface area contributed by atoms with Crippen LogP contribution < -0.4 is 4.74 Å². The molecule has 0 spiro atoms. The molecular formula is C18H15NO4. The first-order valence-corrected chi connectivity index (χ1v) is 7.11. The Kier molecular flexibility index (Phi) is 4.10. The van der Waals surface area contributed by atoms with Crippen molar-refractivity contribution in [3.63, 3.8) is 0 Å². The van der Waals surface area contributed by atoms with Crippen molar-refractivity contribution in [3.8, 4) is 5.75 Å². The molecule has 0 aromatic heterocycles. The normalized spacial score (nSPS) is 15.9. The average Bonchev–Trinajstić information content (AvgIpc) is 2.84. The fraction of sp³-hybridized carbons (Fsp3) is 0.111. The number of hydrogen-bond acceptors (Lipinski definition) is 4. The Morgan fingerprint density at radius 3 is 2.39 bits per heavy atom. The maximum atomic E-state index is 12.3. The third kappa shape index (κ3) is 3.23. The van der Waals surface area contributed by atoms with E-state index in [9.17, 15) is 9.59 Å². The number of nitrogens with zero attached hydrogens (tertiary/aromatic N) is 1. The van der Waals surface area contributed by atoms with Gasteiger partial charge in [-0.1, -0.05) is 42.5 Å². The average molecular weight is 309 g/mol. The summed E-state index contributed by atoms with van der Waals surface area (Å²) in [6, 6.07) is 16.4. The van der Waals surface area contributed by atoms with Gasteiger partial charge in [0.1, 0.15) is 5.75 Å². The highest BCUT2D eigenvalue weighted by Gasteiger charge is 2.36. The zero-order chi connectivity index (χ0) is 16.2. The van der Waals surface area contributed by atoms with Gasteiger partial charge in [-0.15, -0.1) is 0 Å². The molecule has 0 saturated carbocycles. The van der Waals surface area contributed by atoms with Gasteiger partial charge in [0.05, 0.1) is 13.7 Å². The van der Waals surface area contributed by atoms with Gasteiger partial charge in [-0.05, 0) is 29.3 Å². The third-order valence-corrected chi connectivity index (χ3v) is 3.47. The van der Waals surface area contributed by atoms with E-state index in [0.29, 0.717) is 5.75 Å². The van der Waals surface area contributed by atoms with Crippen molar-refractivity contribution in [1.82, 2.24) is 4.90 Å². The fourth-order valence-corrected chi connectivity index (χ4v) is 2.25. The SMILES string of the molecule is COc1ccc(CN2C(=O)O/C(=C\c3ccccc3)C2=O)cc1. The van der Waals surface area contributed by atoms with E-state index in [1.807, 2.05) is 30.3 Å². The number of methoxy groups -OCH3 is 1. The molecule has 23 heavy (non-hydrogen) atoms. The number of rotatable bonds is 4. The number of carbonyl (C=O) groups is 2. The molecule has 3 rings (SSSR count). The Hall–Kier alpha value is -3.08. The second-order valence-corrected chi connectivity index (χ2v) is 5.03. The molecule has 0 unspecified atom stereocenters. The van der Waals surface area contributed by atoms with E-state index in [-0.39, 0.29) is 12.3 Å². The second kappa shape index (κ2) is 6.36.